The SMILES string of the molecule is O=C(CNS(=O)(=O)Cc1ccccc1)Nc1ccc(F)c(F)c1F. The van der Waals surface area contributed by atoms with E-state index in [1.54, 1.807) is 30.3 Å². The van der Waals surface area contributed by atoms with E-state index in [0.29, 0.717) is 11.6 Å². The van der Waals surface area contributed by atoms with E-state index in [0.717, 1.165) is 6.07 Å². The third kappa shape index (κ3) is 4.80. The molecular weight excluding hydrogens is 345 g/mol. The highest BCUT2D eigenvalue weighted by Crippen LogP contribution is 2.19. The van der Waals surface area contributed by atoms with Gasteiger partial charge < -0.3 is 5.32 Å². The lowest BCUT2D eigenvalue weighted by molar-refractivity contribution is -0.115. The summed E-state index contributed by atoms with van der Waals surface area (Å²) in [6.07, 6.45) is 0. The molecule has 0 aromatic heterocycles. The smallest absolute Gasteiger partial charge is 0.239 e. The summed E-state index contributed by atoms with van der Waals surface area (Å²) in [7, 11) is -3.79. The molecule has 0 heterocycles. The highest BCUT2D eigenvalue weighted by Gasteiger charge is 2.17. The summed E-state index contributed by atoms with van der Waals surface area (Å²) in [5.41, 5.74) is -0.0572. The Kier molecular flexibility index (Phi) is 5.58. The summed E-state index contributed by atoms with van der Waals surface area (Å²) in [5, 5.41) is 1.97. The van der Waals surface area contributed by atoms with Gasteiger partial charge >= 0.3 is 0 Å². The van der Waals surface area contributed by atoms with Crippen molar-refractivity contribution in [3.8, 4) is 0 Å². The molecule has 0 bridgehead atoms. The lowest BCUT2D eigenvalue weighted by Crippen LogP contribution is -2.33. The van der Waals surface area contributed by atoms with Crippen LogP contribution in [0.15, 0.2) is 42.5 Å². The van der Waals surface area contributed by atoms with Gasteiger partial charge in [-0.2, -0.15) is 0 Å². The van der Waals surface area contributed by atoms with E-state index in [-0.39, 0.29) is 5.75 Å². The molecule has 0 aliphatic rings. The third-order valence-electron chi connectivity index (χ3n) is 2.96. The molecule has 0 atom stereocenters. The topological polar surface area (TPSA) is 75.3 Å². The van der Waals surface area contributed by atoms with Crippen LogP contribution in [-0.4, -0.2) is 20.9 Å². The predicted octanol–water partition coefficient (Wildman–Crippen LogP) is 2.16. The molecular formula is C15H13F3N2O3S. The molecule has 2 N–H and O–H groups in total. The molecule has 2 aromatic rings. The van der Waals surface area contributed by atoms with Gasteiger partial charge in [0.05, 0.1) is 18.0 Å². The van der Waals surface area contributed by atoms with Gasteiger partial charge in [-0.15, -0.1) is 0 Å². The number of hydrogen-bond acceptors (Lipinski definition) is 3. The Labute approximate surface area is 136 Å². The van der Waals surface area contributed by atoms with Gasteiger partial charge in [0.15, 0.2) is 17.5 Å². The van der Waals surface area contributed by atoms with E-state index in [1.807, 2.05) is 10.0 Å². The maximum atomic E-state index is 13.4. The predicted molar refractivity (Wildman–Crippen MR) is 82.0 cm³/mol. The molecule has 5 nitrogen and oxygen atoms in total. The largest absolute Gasteiger partial charge is 0.322 e. The van der Waals surface area contributed by atoms with Crippen molar-refractivity contribution < 1.29 is 26.4 Å². The Morgan fingerprint density at radius 1 is 0.958 bits per heavy atom. The Morgan fingerprint density at radius 2 is 1.62 bits per heavy atom. The molecule has 0 fully saturated rings. The number of carbonyl (C=O) groups excluding carboxylic acids is 1. The first-order chi connectivity index (χ1) is 11.3. The van der Waals surface area contributed by atoms with Crippen LogP contribution >= 0.6 is 0 Å². The number of amides is 1. The number of halogens is 3. The van der Waals surface area contributed by atoms with Crippen molar-refractivity contribution in [2.45, 2.75) is 5.75 Å². The van der Waals surface area contributed by atoms with Crippen LogP contribution in [0.1, 0.15) is 5.56 Å². The van der Waals surface area contributed by atoms with Crippen LogP contribution in [0.4, 0.5) is 18.9 Å². The first kappa shape index (κ1) is 18.0. The highest BCUT2D eigenvalue weighted by atomic mass is 32.2. The van der Waals surface area contributed by atoms with Gasteiger partial charge in [0.2, 0.25) is 15.9 Å². The van der Waals surface area contributed by atoms with Crippen LogP contribution in [0, 0.1) is 17.5 Å². The Balaban J connectivity index is 1.95. The van der Waals surface area contributed by atoms with Crippen molar-refractivity contribution in [1.29, 1.82) is 0 Å². The minimum absolute atomic E-state index is 0.333. The van der Waals surface area contributed by atoms with Gasteiger partial charge in [-0.05, 0) is 17.7 Å². The maximum absolute atomic E-state index is 13.4. The van der Waals surface area contributed by atoms with Gasteiger partial charge in [0.1, 0.15) is 0 Å². The van der Waals surface area contributed by atoms with Crippen molar-refractivity contribution in [2.75, 3.05) is 11.9 Å². The van der Waals surface area contributed by atoms with Crippen LogP contribution in [0.5, 0.6) is 0 Å². The van der Waals surface area contributed by atoms with Gasteiger partial charge in [0.25, 0.3) is 0 Å². The van der Waals surface area contributed by atoms with Crippen molar-refractivity contribution in [3.05, 3.63) is 65.5 Å². The zero-order valence-corrected chi connectivity index (χ0v) is 13.0. The maximum Gasteiger partial charge on any atom is 0.239 e. The Bertz CT molecular complexity index is 843. The number of anilines is 1. The summed E-state index contributed by atoms with van der Waals surface area (Å²) in [5.74, 6) is -5.93. The Hall–Kier alpha value is -2.39. The van der Waals surface area contributed by atoms with Crippen LogP contribution in [0.2, 0.25) is 0 Å². The first-order valence-corrected chi connectivity index (χ1v) is 8.38. The van der Waals surface area contributed by atoms with Crippen LogP contribution < -0.4 is 10.0 Å². The minimum atomic E-state index is -3.79. The second-order valence-electron chi connectivity index (χ2n) is 4.84. The Morgan fingerprint density at radius 3 is 2.29 bits per heavy atom. The zero-order chi connectivity index (χ0) is 17.7. The standard InChI is InChI=1S/C15H13F3N2O3S/c16-11-6-7-12(15(18)14(11)17)20-13(21)8-19-24(22,23)9-10-4-2-1-3-5-10/h1-7,19H,8-9H2,(H,20,21). The normalized spacial score (nSPS) is 11.3. The van der Waals surface area contributed by atoms with E-state index in [1.165, 1.54) is 0 Å². The van der Waals surface area contributed by atoms with Gasteiger partial charge in [-0.25, -0.2) is 26.3 Å². The average Bonchev–Trinajstić information content (AvgIpc) is 2.54. The number of rotatable bonds is 6. The number of carbonyl (C=O) groups is 1. The van der Waals surface area contributed by atoms with Crippen LogP contribution in [0.3, 0.4) is 0 Å². The van der Waals surface area contributed by atoms with Crippen molar-refractivity contribution in [1.82, 2.24) is 4.72 Å². The molecule has 1 amide bonds. The summed E-state index contributed by atoms with van der Waals surface area (Å²) >= 11 is 0. The average molecular weight is 358 g/mol. The second-order valence-corrected chi connectivity index (χ2v) is 6.64. The van der Waals surface area contributed by atoms with Gasteiger partial charge in [-0.1, -0.05) is 30.3 Å². The fraction of sp³-hybridized carbons (Fsp3) is 0.133. The van der Waals surface area contributed by atoms with Crippen molar-refractivity contribution in [3.63, 3.8) is 0 Å². The molecule has 0 saturated heterocycles. The van der Waals surface area contributed by atoms with Gasteiger partial charge in [0, 0.05) is 0 Å². The van der Waals surface area contributed by atoms with E-state index in [2.05, 4.69) is 0 Å². The summed E-state index contributed by atoms with van der Waals surface area (Å²) in [6.45, 7) is -0.673. The lowest BCUT2D eigenvalue weighted by atomic mass is 10.2. The van der Waals surface area contributed by atoms with E-state index in [9.17, 15) is 26.4 Å². The first-order valence-electron chi connectivity index (χ1n) is 6.73. The quantitative estimate of drug-likeness (QED) is 0.777. The number of nitrogens with one attached hydrogen (secondary N) is 2. The van der Waals surface area contributed by atoms with Crippen LogP contribution in [-0.2, 0) is 20.6 Å². The van der Waals surface area contributed by atoms with Crippen molar-refractivity contribution >= 4 is 21.6 Å². The van der Waals surface area contributed by atoms with Crippen LogP contribution in [0.25, 0.3) is 0 Å². The second kappa shape index (κ2) is 7.45. The molecule has 9 heteroatoms. The molecule has 0 spiro atoms. The monoisotopic (exact) mass is 358 g/mol. The fourth-order valence-electron chi connectivity index (χ4n) is 1.84. The van der Waals surface area contributed by atoms with Gasteiger partial charge in [-0.3, -0.25) is 4.79 Å². The molecule has 0 aliphatic carbocycles. The number of sulfonamides is 1. The summed E-state index contributed by atoms with van der Waals surface area (Å²) in [4.78, 5) is 11.6. The third-order valence-corrected chi connectivity index (χ3v) is 4.26. The van der Waals surface area contributed by atoms with E-state index >= 15 is 0 Å². The molecule has 128 valence electrons. The molecule has 0 aliphatic heterocycles. The lowest BCUT2D eigenvalue weighted by Gasteiger charge is -2.09. The number of benzene rings is 2. The molecule has 0 radical (unpaired) electrons. The van der Waals surface area contributed by atoms with E-state index < -0.39 is 45.6 Å². The molecule has 2 aromatic carbocycles. The summed E-state index contributed by atoms with van der Waals surface area (Å²) < 4.78 is 65.0. The highest BCUT2D eigenvalue weighted by molar-refractivity contribution is 7.88. The molecule has 24 heavy (non-hydrogen) atoms. The minimum Gasteiger partial charge on any atom is -0.322 e. The molecule has 0 saturated carbocycles. The number of hydrogen-bond donors (Lipinski definition) is 2. The van der Waals surface area contributed by atoms with Crippen molar-refractivity contribution in [2.24, 2.45) is 0 Å². The summed E-state index contributed by atoms with van der Waals surface area (Å²) in [6, 6.07) is 9.77. The fourth-order valence-corrected chi connectivity index (χ4v) is 2.92. The molecule has 0 unspecified atom stereocenters. The zero-order valence-electron chi connectivity index (χ0n) is 12.2. The molecule has 2 rings (SSSR count). The van der Waals surface area contributed by atoms with E-state index in [4.69, 9.17) is 0 Å².